The minimum Gasteiger partial charge on any atom is -0.120 e. The molecule has 11 heavy (non-hydrogen) atoms. The zero-order chi connectivity index (χ0) is 8.74. The van der Waals surface area contributed by atoms with Gasteiger partial charge in [-0.3, -0.25) is 0 Å². The summed E-state index contributed by atoms with van der Waals surface area (Å²) in [6.45, 7) is 8.58. The molecule has 0 aliphatic heterocycles. The molecule has 0 fully saturated rings. The van der Waals surface area contributed by atoms with Gasteiger partial charge in [0.25, 0.3) is 0 Å². The highest BCUT2D eigenvalue weighted by Gasteiger charge is 2.06. The molecule has 0 unspecified atom stereocenters. The first-order chi connectivity index (χ1) is 5.06. The van der Waals surface area contributed by atoms with Crippen molar-refractivity contribution in [2.24, 2.45) is 0 Å². The summed E-state index contributed by atoms with van der Waals surface area (Å²) in [6, 6.07) is 0. The second-order valence-corrected chi connectivity index (χ2v) is 8.72. The predicted octanol–water partition coefficient (Wildman–Crippen LogP) is 2.58. The van der Waals surface area contributed by atoms with Gasteiger partial charge in [-0.05, 0) is 12.2 Å². The molecular weight excluding hydrogens is 168 g/mol. The van der Waals surface area contributed by atoms with Crippen molar-refractivity contribution < 1.29 is 0 Å². The van der Waals surface area contributed by atoms with Gasteiger partial charge in [0.15, 0.2) is 0 Å². The maximum Gasteiger partial charge on any atom is 0.130 e. The van der Waals surface area contributed by atoms with Gasteiger partial charge in [0.1, 0.15) is 8.07 Å². The van der Waals surface area contributed by atoms with Crippen molar-refractivity contribution in [2.75, 3.05) is 5.75 Å². The summed E-state index contributed by atoms with van der Waals surface area (Å²) in [7, 11) is -1.15. The maximum atomic E-state index is 3.26. The van der Waals surface area contributed by atoms with E-state index in [1.165, 1.54) is 0 Å². The summed E-state index contributed by atoms with van der Waals surface area (Å²) in [5, 5.41) is 3.09. The molecule has 60 valence electrons. The molecule has 0 aromatic rings. The van der Waals surface area contributed by atoms with Crippen LogP contribution in [0.5, 0.6) is 0 Å². The number of hydrogen-bond acceptors (Lipinski definition) is 1. The van der Waals surface area contributed by atoms with Crippen molar-refractivity contribution in [2.45, 2.75) is 26.6 Å². The Morgan fingerprint density at radius 3 is 2.36 bits per heavy atom. The summed E-state index contributed by atoms with van der Waals surface area (Å²) in [5.41, 5.74) is 3.26. The van der Waals surface area contributed by atoms with Crippen LogP contribution in [-0.4, -0.2) is 13.8 Å². The quantitative estimate of drug-likeness (QED) is 0.341. The molecule has 0 aliphatic carbocycles. The molecule has 0 N–H and O–H groups in total. The molecule has 0 aromatic carbocycles. The highest BCUT2D eigenvalue weighted by atomic mass is 32.2. The molecule has 2 heteroatoms. The average molecular weight is 182 g/mol. The molecule has 0 nitrogen and oxygen atoms in total. The van der Waals surface area contributed by atoms with E-state index in [0.717, 1.165) is 5.75 Å². The highest BCUT2D eigenvalue weighted by molar-refractivity contribution is 8.04. The van der Waals surface area contributed by atoms with Gasteiger partial charge in [0, 0.05) is 0 Å². The number of rotatable bonds is 1. The maximum absolute atomic E-state index is 3.26. The van der Waals surface area contributed by atoms with Crippen molar-refractivity contribution >= 4 is 19.8 Å². The Labute approximate surface area is 75.2 Å². The van der Waals surface area contributed by atoms with Gasteiger partial charge in [-0.15, -0.1) is 11.5 Å². The Hall–Kier alpha value is -0.313. The fourth-order valence-corrected chi connectivity index (χ4v) is 2.14. The van der Waals surface area contributed by atoms with Gasteiger partial charge in [-0.25, -0.2) is 0 Å². The SMILES string of the molecule is CC#CCSC#C[Si](C)(C)C. The van der Waals surface area contributed by atoms with Crippen molar-refractivity contribution in [1.82, 2.24) is 0 Å². The van der Waals surface area contributed by atoms with Gasteiger partial charge in [-0.1, -0.05) is 37.3 Å². The number of thioether (sulfide) groups is 1. The zero-order valence-electron chi connectivity index (χ0n) is 7.62. The minimum atomic E-state index is -1.15. The van der Waals surface area contributed by atoms with E-state index in [-0.39, 0.29) is 0 Å². The smallest absolute Gasteiger partial charge is 0.120 e. The van der Waals surface area contributed by atoms with Gasteiger partial charge >= 0.3 is 0 Å². The van der Waals surface area contributed by atoms with Crippen LogP contribution in [0.1, 0.15) is 6.92 Å². The molecule has 0 saturated heterocycles. The highest BCUT2D eigenvalue weighted by Crippen LogP contribution is 2.00. The van der Waals surface area contributed by atoms with E-state index in [4.69, 9.17) is 0 Å². The normalized spacial score (nSPS) is 9.09. The van der Waals surface area contributed by atoms with Crippen LogP contribution >= 0.6 is 11.8 Å². The third-order valence-electron chi connectivity index (χ3n) is 0.819. The minimum absolute atomic E-state index is 0.841. The van der Waals surface area contributed by atoms with Crippen LogP contribution in [0.2, 0.25) is 19.6 Å². The molecular formula is C9H14SSi. The lowest BCUT2D eigenvalue weighted by molar-refractivity contribution is 1.81. The Morgan fingerprint density at radius 1 is 1.27 bits per heavy atom. The molecule has 0 aliphatic rings. The van der Waals surface area contributed by atoms with Crippen molar-refractivity contribution in [1.29, 1.82) is 0 Å². The molecule has 0 radical (unpaired) electrons. The van der Waals surface area contributed by atoms with Crippen LogP contribution in [0.25, 0.3) is 0 Å². The molecule has 0 aromatic heterocycles. The van der Waals surface area contributed by atoms with Crippen LogP contribution in [0, 0.1) is 22.6 Å². The second-order valence-electron chi connectivity index (χ2n) is 3.19. The fraction of sp³-hybridized carbons (Fsp3) is 0.556. The van der Waals surface area contributed by atoms with E-state index in [1.807, 2.05) is 6.92 Å². The average Bonchev–Trinajstić information content (AvgIpc) is 1.85. The summed E-state index contributed by atoms with van der Waals surface area (Å²) in [6.07, 6.45) is 0. The topological polar surface area (TPSA) is 0 Å². The van der Waals surface area contributed by atoms with E-state index < -0.39 is 8.07 Å². The second kappa shape index (κ2) is 5.35. The predicted molar refractivity (Wildman–Crippen MR) is 57.0 cm³/mol. The van der Waals surface area contributed by atoms with Gasteiger partial charge in [-0.2, -0.15) is 0 Å². The first-order valence-electron chi connectivity index (χ1n) is 3.60. The van der Waals surface area contributed by atoms with E-state index in [2.05, 4.69) is 42.3 Å². The molecule has 0 atom stereocenters. The van der Waals surface area contributed by atoms with Crippen molar-refractivity contribution in [3.8, 4) is 22.6 Å². The van der Waals surface area contributed by atoms with E-state index >= 15 is 0 Å². The molecule has 0 heterocycles. The Kier molecular flexibility index (Phi) is 5.20. The molecule has 0 bridgehead atoms. The molecule has 0 saturated carbocycles. The molecule has 0 rings (SSSR count). The Bertz CT molecular complexity index is 216. The lowest BCUT2D eigenvalue weighted by atomic mass is 10.7. The summed E-state index contributed by atoms with van der Waals surface area (Å²) >= 11 is 1.60. The van der Waals surface area contributed by atoms with E-state index in [9.17, 15) is 0 Å². The summed E-state index contributed by atoms with van der Waals surface area (Å²) in [4.78, 5) is 0. The van der Waals surface area contributed by atoms with Crippen molar-refractivity contribution in [3.05, 3.63) is 0 Å². The van der Waals surface area contributed by atoms with Crippen LogP contribution in [0.3, 0.4) is 0 Å². The summed E-state index contributed by atoms with van der Waals surface area (Å²) in [5.74, 6) is 6.64. The lowest BCUT2D eigenvalue weighted by Crippen LogP contribution is -2.15. The summed E-state index contributed by atoms with van der Waals surface area (Å²) < 4.78 is 0. The van der Waals surface area contributed by atoms with E-state index in [0.29, 0.717) is 0 Å². The first-order valence-corrected chi connectivity index (χ1v) is 8.08. The van der Waals surface area contributed by atoms with Crippen LogP contribution < -0.4 is 0 Å². The Morgan fingerprint density at radius 2 is 1.91 bits per heavy atom. The third kappa shape index (κ3) is 9.69. The van der Waals surface area contributed by atoms with Gasteiger partial charge in [0.2, 0.25) is 0 Å². The van der Waals surface area contributed by atoms with Crippen LogP contribution in [0.4, 0.5) is 0 Å². The van der Waals surface area contributed by atoms with E-state index in [1.54, 1.807) is 11.8 Å². The van der Waals surface area contributed by atoms with Crippen LogP contribution in [0.15, 0.2) is 0 Å². The fourth-order valence-electron chi connectivity index (χ4n) is 0.334. The standard InChI is InChI=1S/C9H14SSi/c1-5-6-7-10-8-9-11(2,3)4/h7H2,1-4H3. The first kappa shape index (κ1) is 10.7. The van der Waals surface area contributed by atoms with Crippen LogP contribution in [-0.2, 0) is 0 Å². The third-order valence-corrected chi connectivity index (χ3v) is 2.41. The molecule has 0 amide bonds. The van der Waals surface area contributed by atoms with Crippen molar-refractivity contribution in [3.63, 3.8) is 0 Å². The largest absolute Gasteiger partial charge is 0.130 e. The van der Waals surface area contributed by atoms with Gasteiger partial charge < -0.3 is 0 Å². The zero-order valence-corrected chi connectivity index (χ0v) is 9.43. The molecule has 0 spiro atoms. The Balaban J connectivity index is 3.63. The lowest BCUT2D eigenvalue weighted by Gasteiger charge is -2.02. The number of hydrogen-bond donors (Lipinski definition) is 0. The monoisotopic (exact) mass is 182 g/mol. The van der Waals surface area contributed by atoms with Gasteiger partial charge in [0.05, 0.1) is 5.75 Å².